The maximum atomic E-state index is 13.5. The highest BCUT2D eigenvalue weighted by molar-refractivity contribution is 5.77. The average Bonchev–Trinajstić information content (AvgIpc) is 3.34. The van der Waals surface area contributed by atoms with Crippen molar-refractivity contribution >= 4 is 11.7 Å². The van der Waals surface area contributed by atoms with Crippen molar-refractivity contribution < 1.29 is 27.1 Å². The molecule has 0 aromatic carbocycles. The van der Waals surface area contributed by atoms with Crippen molar-refractivity contribution in [2.24, 2.45) is 11.7 Å². The van der Waals surface area contributed by atoms with E-state index in [2.05, 4.69) is 15.4 Å². The molecule has 3 N–H and O–H groups in total. The molecule has 3 atom stereocenters. The number of alkyl halides is 4. The lowest BCUT2D eigenvalue weighted by Gasteiger charge is -2.31. The van der Waals surface area contributed by atoms with Crippen LogP contribution >= 0.6 is 0 Å². The standard InChI is InChI=1S/C20H26F4N6O2/c1-32-10-15(29-8-14(18(21)22)28-19(29)31)12-6-16-27-13(9-30(16)26-7-12)17(25)11-2-4-20(23,24)5-3-11/h6-7,9,11,14-15,17-18H,2-5,8,10,25H2,1H3,(H,28,31)/t14-,15+,17-/m0/s1. The molecule has 8 nitrogen and oxygen atoms in total. The summed E-state index contributed by atoms with van der Waals surface area (Å²) in [5.74, 6) is -2.73. The number of hydrogen-bond acceptors (Lipinski definition) is 5. The molecule has 0 unspecified atom stereocenters. The van der Waals surface area contributed by atoms with Crippen LogP contribution in [0.25, 0.3) is 5.65 Å². The number of ether oxygens (including phenoxy) is 1. The maximum absolute atomic E-state index is 13.5. The summed E-state index contributed by atoms with van der Waals surface area (Å²) in [5, 5.41) is 6.60. The van der Waals surface area contributed by atoms with Gasteiger partial charge in [-0.3, -0.25) is 0 Å². The number of amides is 2. The van der Waals surface area contributed by atoms with Crippen LogP contribution in [0.3, 0.4) is 0 Å². The molecule has 4 rings (SSSR count). The lowest BCUT2D eigenvalue weighted by atomic mass is 9.81. The van der Waals surface area contributed by atoms with Gasteiger partial charge in [-0.1, -0.05) is 0 Å². The van der Waals surface area contributed by atoms with Gasteiger partial charge in [0, 0.05) is 32.1 Å². The molecule has 1 aliphatic carbocycles. The number of hydrogen-bond donors (Lipinski definition) is 2. The predicted molar refractivity (Wildman–Crippen MR) is 106 cm³/mol. The molecule has 12 heteroatoms. The van der Waals surface area contributed by atoms with Crippen molar-refractivity contribution in [1.29, 1.82) is 0 Å². The molecule has 1 saturated heterocycles. The van der Waals surface area contributed by atoms with E-state index in [1.54, 1.807) is 12.3 Å². The minimum Gasteiger partial charge on any atom is -0.382 e. The summed E-state index contributed by atoms with van der Waals surface area (Å²) in [4.78, 5) is 18.1. The van der Waals surface area contributed by atoms with Gasteiger partial charge in [0.25, 0.3) is 6.43 Å². The summed E-state index contributed by atoms with van der Waals surface area (Å²) in [6.45, 7) is -0.0722. The summed E-state index contributed by atoms with van der Waals surface area (Å²) >= 11 is 0. The maximum Gasteiger partial charge on any atom is 0.318 e. The van der Waals surface area contributed by atoms with E-state index in [9.17, 15) is 22.4 Å². The van der Waals surface area contributed by atoms with E-state index in [1.807, 2.05) is 0 Å². The van der Waals surface area contributed by atoms with Crippen molar-refractivity contribution in [3.05, 3.63) is 29.7 Å². The number of aromatic nitrogens is 3. The van der Waals surface area contributed by atoms with Gasteiger partial charge in [0.15, 0.2) is 5.65 Å². The molecule has 1 aliphatic heterocycles. The van der Waals surface area contributed by atoms with Gasteiger partial charge in [0.2, 0.25) is 5.92 Å². The first-order chi connectivity index (χ1) is 15.2. The van der Waals surface area contributed by atoms with Crippen molar-refractivity contribution in [2.75, 3.05) is 20.3 Å². The Morgan fingerprint density at radius 2 is 2.06 bits per heavy atom. The number of rotatable bonds is 7. The molecule has 3 heterocycles. The number of urea groups is 1. The molecule has 0 bridgehead atoms. The highest BCUT2D eigenvalue weighted by Crippen LogP contribution is 2.40. The van der Waals surface area contributed by atoms with Crippen molar-refractivity contribution in [3.63, 3.8) is 0 Å². The van der Waals surface area contributed by atoms with Crippen LogP contribution in [0.2, 0.25) is 0 Å². The van der Waals surface area contributed by atoms with Crippen molar-refractivity contribution in [3.8, 4) is 0 Å². The van der Waals surface area contributed by atoms with Crippen LogP contribution in [0.5, 0.6) is 0 Å². The van der Waals surface area contributed by atoms with E-state index in [0.29, 0.717) is 29.7 Å². The first-order valence-corrected chi connectivity index (χ1v) is 10.5. The van der Waals surface area contributed by atoms with Crippen LogP contribution in [-0.2, 0) is 4.74 Å². The molecule has 2 amide bonds. The minimum atomic E-state index is -2.68. The van der Waals surface area contributed by atoms with E-state index in [4.69, 9.17) is 10.5 Å². The summed E-state index contributed by atoms with van der Waals surface area (Å²) in [6.07, 6.45) is 0.797. The Morgan fingerprint density at radius 1 is 1.34 bits per heavy atom. The molecule has 0 radical (unpaired) electrons. The normalized spacial score (nSPS) is 23.7. The Kier molecular flexibility index (Phi) is 6.26. The number of nitrogens with two attached hydrogens (primary N) is 1. The summed E-state index contributed by atoms with van der Waals surface area (Å²) < 4.78 is 59.8. The van der Waals surface area contributed by atoms with Crippen LogP contribution in [0.15, 0.2) is 18.5 Å². The van der Waals surface area contributed by atoms with Crippen molar-refractivity contribution in [1.82, 2.24) is 24.8 Å². The lowest BCUT2D eigenvalue weighted by molar-refractivity contribution is -0.0484. The third-order valence-corrected chi connectivity index (χ3v) is 6.32. The Labute approximate surface area is 182 Å². The smallest absolute Gasteiger partial charge is 0.318 e. The minimum absolute atomic E-state index is 0.0879. The van der Waals surface area contributed by atoms with Gasteiger partial charge < -0.3 is 20.7 Å². The van der Waals surface area contributed by atoms with Gasteiger partial charge in [-0.25, -0.2) is 31.9 Å². The highest BCUT2D eigenvalue weighted by Gasteiger charge is 2.39. The zero-order valence-electron chi connectivity index (χ0n) is 17.6. The van der Waals surface area contributed by atoms with Crippen LogP contribution in [0, 0.1) is 5.92 Å². The molecule has 2 fully saturated rings. The van der Waals surface area contributed by atoms with Gasteiger partial charge >= 0.3 is 6.03 Å². The van der Waals surface area contributed by atoms with E-state index >= 15 is 0 Å². The van der Waals surface area contributed by atoms with E-state index in [1.165, 1.54) is 22.7 Å². The molecule has 176 valence electrons. The Bertz CT molecular complexity index is 961. The highest BCUT2D eigenvalue weighted by atomic mass is 19.3. The monoisotopic (exact) mass is 458 g/mol. The van der Waals surface area contributed by atoms with Gasteiger partial charge in [0.05, 0.1) is 36.8 Å². The fourth-order valence-electron chi connectivity index (χ4n) is 4.43. The van der Waals surface area contributed by atoms with E-state index in [0.717, 1.165) is 0 Å². The average molecular weight is 458 g/mol. The van der Waals surface area contributed by atoms with Crippen LogP contribution in [0.1, 0.15) is 49.0 Å². The second-order valence-electron chi connectivity index (χ2n) is 8.49. The number of carbonyl (C=O) groups excluding carboxylic acids is 1. The number of carbonyl (C=O) groups is 1. The predicted octanol–water partition coefficient (Wildman–Crippen LogP) is 2.90. The molecule has 2 aromatic heterocycles. The van der Waals surface area contributed by atoms with Gasteiger partial charge in [-0.15, -0.1) is 0 Å². The Morgan fingerprint density at radius 3 is 2.69 bits per heavy atom. The largest absolute Gasteiger partial charge is 0.382 e. The third kappa shape index (κ3) is 4.51. The van der Waals surface area contributed by atoms with Crippen molar-refractivity contribution in [2.45, 2.75) is 56.2 Å². The lowest BCUT2D eigenvalue weighted by Crippen LogP contribution is -2.34. The van der Waals surface area contributed by atoms with Gasteiger partial charge in [0.1, 0.15) is 6.04 Å². The molecule has 1 saturated carbocycles. The number of nitrogens with one attached hydrogen (secondary N) is 1. The summed E-state index contributed by atoms with van der Waals surface area (Å²) in [6, 6.07) is -1.28. The Hall–Kier alpha value is -2.47. The third-order valence-electron chi connectivity index (χ3n) is 6.32. The number of halogens is 4. The van der Waals surface area contributed by atoms with Crippen LogP contribution in [0.4, 0.5) is 22.4 Å². The SMILES string of the molecule is COC[C@H](c1cnn2cc([C@@H](N)C3CCC(F)(F)CC3)nc2c1)N1C[C@@H](C(F)F)NC1=O. The Balaban J connectivity index is 1.55. The fraction of sp³-hybridized carbons (Fsp3) is 0.650. The molecule has 0 spiro atoms. The zero-order valence-corrected chi connectivity index (χ0v) is 17.6. The van der Waals surface area contributed by atoms with Crippen LogP contribution < -0.4 is 11.1 Å². The molecular formula is C20H26F4N6O2. The first kappa shape index (κ1) is 22.7. The summed E-state index contributed by atoms with van der Waals surface area (Å²) in [7, 11) is 1.46. The topological polar surface area (TPSA) is 97.8 Å². The quantitative estimate of drug-likeness (QED) is 0.622. The molecule has 32 heavy (non-hydrogen) atoms. The second-order valence-corrected chi connectivity index (χ2v) is 8.49. The van der Waals surface area contributed by atoms with Gasteiger partial charge in [-0.2, -0.15) is 5.10 Å². The van der Waals surface area contributed by atoms with E-state index in [-0.39, 0.29) is 31.9 Å². The van der Waals surface area contributed by atoms with Crippen LogP contribution in [-0.4, -0.2) is 64.2 Å². The van der Waals surface area contributed by atoms with E-state index < -0.39 is 36.5 Å². The van der Waals surface area contributed by atoms with Gasteiger partial charge in [-0.05, 0) is 24.8 Å². The second kappa shape index (κ2) is 8.81. The number of fused-ring (bicyclic) bond motifs is 1. The molecular weight excluding hydrogens is 432 g/mol. The molecule has 2 aliphatic rings. The number of methoxy groups -OCH3 is 1. The first-order valence-electron chi connectivity index (χ1n) is 10.5. The zero-order chi connectivity index (χ0) is 23.0. The fourth-order valence-corrected chi connectivity index (χ4v) is 4.43. The summed E-state index contributed by atoms with van der Waals surface area (Å²) in [5.41, 5.74) is 7.91. The number of nitrogens with zero attached hydrogens (tertiary/aromatic N) is 4. The molecule has 2 aromatic rings. The number of imidazole rings is 1.